The second-order valence-electron chi connectivity index (χ2n) is 7.13. The van der Waals surface area contributed by atoms with Crippen LogP contribution in [-0.4, -0.2) is 27.5 Å². The number of hydrogen-bond donors (Lipinski definition) is 0. The Bertz CT molecular complexity index is 730. The van der Waals surface area contributed by atoms with Crippen LogP contribution in [0.4, 0.5) is 0 Å². The molecule has 5 nitrogen and oxygen atoms in total. The van der Waals surface area contributed by atoms with E-state index in [1.807, 2.05) is 31.2 Å². The van der Waals surface area contributed by atoms with Crippen LogP contribution in [0.5, 0.6) is 0 Å². The van der Waals surface area contributed by atoms with Crippen molar-refractivity contribution < 1.29 is 9.32 Å². The van der Waals surface area contributed by atoms with Crippen LogP contribution in [0.25, 0.3) is 11.4 Å². The summed E-state index contributed by atoms with van der Waals surface area (Å²) in [5.74, 6) is 1.85. The van der Waals surface area contributed by atoms with Gasteiger partial charge in [0.05, 0.1) is 0 Å². The van der Waals surface area contributed by atoms with Gasteiger partial charge in [-0.25, -0.2) is 0 Å². The van der Waals surface area contributed by atoms with Crippen molar-refractivity contribution in [3.8, 4) is 11.4 Å². The third-order valence-corrected chi connectivity index (χ3v) is 5.05. The lowest BCUT2D eigenvalue weighted by Gasteiger charge is -2.20. The van der Waals surface area contributed by atoms with E-state index in [1.54, 1.807) is 11.0 Å². The number of benzene rings is 1. The molecule has 1 aliphatic carbocycles. The van der Waals surface area contributed by atoms with E-state index in [1.165, 1.54) is 31.2 Å². The summed E-state index contributed by atoms with van der Waals surface area (Å²) in [4.78, 5) is 18.8. The molecule has 26 heavy (non-hydrogen) atoms. The summed E-state index contributed by atoms with van der Waals surface area (Å²) in [7, 11) is 0. The Morgan fingerprint density at radius 2 is 2.04 bits per heavy atom. The van der Waals surface area contributed by atoms with Crippen molar-refractivity contribution in [3.05, 3.63) is 48.4 Å². The first-order chi connectivity index (χ1) is 12.7. The highest BCUT2D eigenvalue weighted by Gasteiger charge is 2.20. The fourth-order valence-electron chi connectivity index (χ4n) is 3.50. The standard InChI is InChI=1S/C21H27N3O2/c1-3-14-24(20(25)13-10-17-6-4-5-7-17)15-19-22-21(23-26-19)18-11-8-16(2)9-12-18/h3,8-9,11-12,17H,1,4-7,10,13-15H2,2H3. The maximum absolute atomic E-state index is 12.6. The van der Waals surface area contributed by atoms with E-state index >= 15 is 0 Å². The van der Waals surface area contributed by atoms with E-state index in [9.17, 15) is 4.79 Å². The van der Waals surface area contributed by atoms with Crippen LogP contribution in [0.15, 0.2) is 41.4 Å². The monoisotopic (exact) mass is 353 g/mol. The van der Waals surface area contributed by atoms with E-state index in [-0.39, 0.29) is 5.91 Å². The molecule has 3 rings (SSSR count). The molecule has 2 aromatic rings. The quantitative estimate of drug-likeness (QED) is 0.654. The molecule has 5 heteroatoms. The molecular formula is C21H27N3O2. The molecule has 0 atom stereocenters. The highest BCUT2D eigenvalue weighted by atomic mass is 16.5. The summed E-state index contributed by atoms with van der Waals surface area (Å²) < 4.78 is 5.36. The van der Waals surface area contributed by atoms with E-state index in [2.05, 4.69) is 16.7 Å². The van der Waals surface area contributed by atoms with Gasteiger partial charge in [-0.05, 0) is 19.3 Å². The molecule has 1 saturated carbocycles. The van der Waals surface area contributed by atoms with Crippen LogP contribution >= 0.6 is 0 Å². The molecule has 1 heterocycles. The normalized spacial score (nSPS) is 14.5. The van der Waals surface area contributed by atoms with Gasteiger partial charge in [-0.15, -0.1) is 6.58 Å². The number of amides is 1. The van der Waals surface area contributed by atoms with Crippen molar-refractivity contribution in [3.63, 3.8) is 0 Å². The van der Waals surface area contributed by atoms with Gasteiger partial charge in [0.15, 0.2) is 0 Å². The largest absolute Gasteiger partial charge is 0.337 e. The van der Waals surface area contributed by atoms with Crippen LogP contribution in [0.3, 0.4) is 0 Å². The van der Waals surface area contributed by atoms with E-state index < -0.39 is 0 Å². The van der Waals surface area contributed by atoms with Crippen LogP contribution in [0.2, 0.25) is 0 Å². The molecule has 1 aromatic carbocycles. The summed E-state index contributed by atoms with van der Waals surface area (Å²) in [6, 6.07) is 7.97. The molecule has 0 saturated heterocycles. The molecule has 0 bridgehead atoms. The van der Waals surface area contributed by atoms with Gasteiger partial charge in [0.1, 0.15) is 6.54 Å². The van der Waals surface area contributed by atoms with Crippen molar-refractivity contribution in [1.29, 1.82) is 0 Å². The topological polar surface area (TPSA) is 59.2 Å². The van der Waals surface area contributed by atoms with Crippen LogP contribution in [0.1, 0.15) is 50.0 Å². The van der Waals surface area contributed by atoms with Crippen LogP contribution < -0.4 is 0 Å². The van der Waals surface area contributed by atoms with Gasteiger partial charge < -0.3 is 9.42 Å². The zero-order valence-electron chi connectivity index (χ0n) is 15.5. The Hall–Kier alpha value is -2.43. The molecule has 0 aliphatic heterocycles. The minimum Gasteiger partial charge on any atom is -0.337 e. The fraction of sp³-hybridized carbons (Fsp3) is 0.476. The minimum absolute atomic E-state index is 0.131. The third kappa shape index (κ3) is 4.81. The lowest BCUT2D eigenvalue weighted by Crippen LogP contribution is -2.31. The van der Waals surface area contributed by atoms with Crippen molar-refractivity contribution in [2.75, 3.05) is 6.54 Å². The van der Waals surface area contributed by atoms with Crippen molar-refractivity contribution in [2.45, 2.75) is 52.0 Å². The van der Waals surface area contributed by atoms with E-state index in [0.717, 1.165) is 12.0 Å². The first kappa shape index (κ1) is 18.4. The van der Waals surface area contributed by atoms with Gasteiger partial charge in [-0.1, -0.05) is 66.7 Å². The number of hydrogen-bond acceptors (Lipinski definition) is 4. The van der Waals surface area contributed by atoms with Crippen molar-refractivity contribution in [1.82, 2.24) is 15.0 Å². The highest BCUT2D eigenvalue weighted by Crippen LogP contribution is 2.28. The Labute approximate surface area is 155 Å². The number of aryl methyl sites for hydroxylation is 1. The smallest absolute Gasteiger partial charge is 0.246 e. The lowest BCUT2D eigenvalue weighted by molar-refractivity contribution is -0.131. The number of aromatic nitrogens is 2. The molecule has 0 spiro atoms. The van der Waals surface area contributed by atoms with Gasteiger partial charge in [-0.2, -0.15) is 4.98 Å². The molecule has 0 N–H and O–H groups in total. The highest BCUT2D eigenvalue weighted by molar-refractivity contribution is 5.76. The van der Waals surface area contributed by atoms with Crippen LogP contribution in [-0.2, 0) is 11.3 Å². The zero-order valence-corrected chi connectivity index (χ0v) is 15.5. The summed E-state index contributed by atoms with van der Waals surface area (Å²) in [6.45, 7) is 6.62. The molecule has 1 fully saturated rings. The second kappa shape index (κ2) is 8.79. The predicted molar refractivity (Wildman–Crippen MR) is 101 cm³/mol. The molecule has 1 aliphatic rings. The molecule has 1 amide bonds. The summed E-state index contributed by atoms with van der Waals surface area (Å²) in [5.41, 5.74) is 2.09. The summed E-state index contributed by atoms with van der Waals surface area (Å²) in [6.07, 6.45) is 8.43. The van der Waals surface area contributed by atoms with Gasteiger partial charge in [0, 0.05) is 18.5 Å². The first-order valence-corrected chi connectivity index (χ1v) is 9.44. The second-order valence-corrected chi connectivity index (χ2v) is 7.13. The average molecular weight is 353 g/mol. The lowest BCUT2D eigenvalue weighted by atomic mass is 10.0. The maximum atomic E-state index is 12.6. The first-order valence-electron chi connectivity index (χ1n) is 9.44. The van der Waals surface area contributed by atoms with Crippen LogP contribution in [0, 0.1) is 12.8 Å². The Balaban J connectivity index is 1.61. The van der Waals surface area contributed by atoms with Gasteiger partial charge in [0.25, 0.3) is 0 Å². The third-order valence-electron chi connectivity index (χ3n) is 5.05. The Morgan fingerprint density at radius 1 is 1.31 bits per heavy atom. The van der Waals surface area contributed by atoms with Crippen molar-refractivity contribution in [2.24, 2.45) is 5.92 Å². The van der Waals surface area contributed by atoms with Gasteiger partial charge >= 0.3 is 0 Å². The van der Waals surface area contributed by atoms with Gasteiger partial charge in [-0.3, -0.25) is 4.79 Å². The fourth-order valence-corrected chi connectivity index (χ4v) is 3.50. The number of carbonyl (C=O) groups is 1. The number of nitrogens with zero attached hydrogens (tertiary/aromatic N) is 3. The van der Waals surface area contributed by atoms with Gasteiger partial charge in [0.2, 0.25) is 17.6 Å². The predicted octanol–water partition coefficient (Wildman–Crippen LogP) is 4.53. The Kier molecular flexibility index (Phi) is 6.21. The molecule has 0 unspecified atom stereocenters. The molecular weight excluding hydrogens is 326 g/mol. The van der Waals surface area contributed by atoms with E-state index in [0.29, 0.717) is 37.1 Å². The molecule has 138 valence electrons. The number of carbonyl (C=O) groups excluding carboxylic acids is 1. The van der Waals surface area contributed by atoms with E-state index in [4.69, 9.17) is 4.52 Å². The van der Waals surface area contributed by atoms with Crippen molar-refractivity contribution >= 4 is 5.91 Å². The summed E-state index contributed by atoms with van der Waals surface area (Å²) >= 11 is 0. The minimum atomic E-state index is 0.131. The Morgan fingerprint density at radius 3 is 2.73 bits per heavy atom. The maximum Gasteiger partial charge on any atom is 0.246 e. The SMILES string of the molecule is C=CCN(Cc1nc(-c2ccc(C)cc2)no1)C(=O)CCC1CCCC1. The molecule has 0 radical (unpaired) electrons. The number of rotatable bonds is 8. The summed E-state index contributed by atoms with van der Waals surface area (Å²) in [5, 5.41) is 4.05. The average Bonchev–Trinajstić information content (AvgIpc) is 3.32. The zero-order chi connectivity index (χ0) is 18.4. The molecule has 1 aromatic heterocycles.